The summed E-state index contributed by atoms with van der Waals surface area (Å²) < 4.78 is 0. The summed E-state index contributed by atoms with van der Waals surface area (Å²) in [4.78, 5) is 4.51. The number of thiazole rings is 1. The van der Waals surface area contributed by atoms with Gasteiger partial charge in [0.1, 0.15) is 0 Å². The maximum absolute atomic E-state index is 4.51. The van der Waals surface area contributed by atoms with E-state index in [1.807, 2.05) is 5.51 Å². The van der Waals surface area contributed by atoms with Crippen LogP contribution >= 0.6 is 11.3 Å². The first-order valence-electron chi connectivity index (χ1n) is 7.63. The molecular formula is C18H26N2S. The minimum atomic E-state index is 0.0998. The Morgan fingerprint density at radius 1 is 1.14 bits per heavy atom. The molecule has 1 aromatic heterocycles. The van der Waals surface area contributed by atoms with Crippen LogP contribution in [0.2, 0.25) is 0 Å². The van der Waals surface area contributed by atoms with Crippen LogP contribution in [0.15, 0.2) is 41.2 Å². The van der Waals surface area contributed by atoms with Gasteiger partial charge in [-0.25, -0.2) is 4.98 Å². The van der Waals surface area contributed by atoms with Crippen LogP contribution < -0.4 is 5.32 Å². The van der Waals surface area contributed by atoms with E-state index in [1.54, 1.807) is 11.3 Å². The predicted molar refractivity (Wildman–Crippen MR) is 92.0 cm³/mol. The molecule has 114 valence electrons. The van der Waals surface area contributed by atoms with Gasteiger partial charge in [-0.2, -0.15) is 0 Å². The Bertz CT molecular complexity index is 528. The molecule has 0 amide bonds. The predicted octanol–water partition coefficient (Wildman–Crippen LogP) is 4.42. The van der Waals surface area contributed by atoms with E-state index >= 15 is 0 Å². The second kappa shape index (κ2) is 6.71. The first kappa shape index (κ1) is 16.2. The van der Waals surface area contributed by atoms with Gasteiger partial charge in [0.2, 0.25) is 0 Å². The third-order valence-corrected chi connectivity index (χ3v) is 4.66. The number of rotatable bonds is 6. The SMILES string of the molecule is CCC(CNC(C)(C)C)(Cc1cscn1)c1ccccc1. The third-order valence-electron chi connectivity index (χ3n) is 4.02. The van der Waals surface area contributed by atoms with E-state index in [4.69, 9.17) is 0 Å². The van der Waals surface area contributed by atoms with Crippen molar-refractivity contribution in [3.63, 3.8) is 0 Å². The van der Waals surface area contributed by atoms with E-state index in [-0.39, 0.29) is 11.0 Å². The molecule has 0 radical (unpaired) electrons. The maximum atomic E-state index is 4.51. The van der Waals surface area contributed by atoms with E-state index in [1.165, 1.54) is 11.3 Å². The lowest BCUT2D eigenvalue weighted by Crippen LogP contribution is -2.47. The fraction of sp³-hybridized carbons (Fsp3) is 0.500. The van der Waals surface area contributed by atoms with Gasteiger partial charge in [0.05, 0.1) is 11.2 Å². The highest BCUT2D eigenvalue weighted by molar-refractivity contribution is 7.07. The molecule has 0 saturated heterocycles. The fourth-order valence-corrected chi connectivity index (χ4v) is 3.18. The van der Waals surface area contributed by atoms with Crippen molar-refractivity contribution in [3.8, 4) is 0 Å². The van der Waals surface area contributed by atoms with E-state index in [0.717, 1.165) is 19.4 Å². The average Bonchev–Trinajstić information content (AvgIpc) is 2.96. The zero-order chi connectivity index (χ0) is 15.3. The van der Waals surface area contributed by atoms with Crippen molar-refractivity contribution < 1.29 is 0 Å². The smallest absolute Gasteiger partial charge is 0.0794 e. The van der Waals surface area contributed by atoms with Gasteiger partial charge >= 0.3 is 0 Å². The van der Waals surface area contributed by atoms with Crippen molar-refractivity contribution in [3.05, 3.63) is 52.5 Å². The number of nitrogens with one attached hydrogen (secondary N) is 1. The molecule has 0 aliphatic carbocycles. The van der Waals surface area contributed by atoms with Crippen molar-refractivity contribution in [2.45, 2.75) is 51.5 Å². The standard InChI is InChI=1S/C18H26N2S/c1-5-18(13-20-17(2,3)4,11-16-12-21-14-19-16)15-9-7-6-8-10-15/h6-10,12,14,20H,5,11,13H2,1-4H3. The second-order valence-corrected chi connectivity index (χ2v) is 7.48. The Morgan fingerprint density at radius 2 is 1.86 bits per heavy atom. The van der Waals surface area contributed by atoms with Crippen LogP contribution in [0.25, 0.3) is 0 Å². The molecule has 0 aliphatic heterocycles. The highest BCUT2D eigenvalue weighted by Crippen LogP contribution is 2.32. The first-order chi connectivity index (χ1) is 9.95. The molecule has 0 fully saturated rings. The zero-order valence-corrected chi connectivity index (χ0v) is 14.3. The van der Waals surface area contributed by atoms with Gasteiger partial charge in [-0.05, 0) is 32.8 Å². The quantitative estimate of drug-likeness (QED) is 0.854. The van der Waals surface area contributed by atoms with Crippen molar-refractivity contribution in [1.29, 1.82) is 0 Å². The highest BCUT2D eigenvalue weighted by Gasteiger charge is 2.32. The van der Waals surface area contributed by atoms with E-state index in [0.29, 0.717) is 0 Å². The molecule has 2 rings (SSSR count). The molecule has 1 N–H and O–H groups in total. The summed E-state index contributed by atoms with van der Waals surface area (Å²) in [5, 5.41) is 5.87. The first-order valence-corrected chi connectivity index (χ1v) is 8.57. The number of benzene rings is 1. The Kier molecular flexibility index (Phi) is 5.17. The Morgan fingerprint density at radius 3 is 2.38 bits per heavy atom. The summed E-state index contributed by atoms with van der Waals surface area (Å²) in [6, 6.07) is 10.9. The molecule has 0 spiro atoms. The third kappa shape index (κ3) is 4.39. The van der Waals surface area contributed by atoms with Crippen molar-refractivity contribution >= 4 is 11.3 Å². The topological polar surface area (TPSA) is 24.9 Å². The van der Waals surface area contributed by atoms with E-state index in [2.05, 4.69) is 73.7 Å². The molecule has 1 heterocycles. The van der Waals surface area contributed by atoms with Crippen molar-refractivity contribution in [1.82, 2.24) is 10.3 Å². The summed E-state index contributed by atoms with van der Waals surface area (Å²) in [6.45, 7) is 9.92. The van der Waals surface area contributed by atoms with Crippen LogP contribution in [-0.2, 0) is 11.8 Å². The highest BCUT2D eigenvalue weighted by atomic mass is 32.1. The molecule has 1 unspecified atom stereocenters. The molecule has 0 aliphatic rings. The van der Waals surface area contributed by atoms with Crippen LogP contribution in [0.5, 0.6) is 0 Å². The van der Waals surface area contributed by atoms with Gasteiger partial charge in [0.25, 0.3) is 0 Å². The molecule has 1 atom stereocenters. The van der Waals surface area contributed by atoms with Gasteiger partial charge in [0, 0.05) is 29.3 Å². The minimum Gasteiger partial charge on any atom is -0.311 e. The lowest BCUT2D eigenvalue weighted by Gasteiger charge is -2.36. The molecule has 2 aromatic rings. The second-order valence-electron chi connectivity index (χ2n) is 6.76. The molecule has 0 saturated carbocycles. The summed E-state index contributed by atoms with van der Waals surface area (Å²) in [5.74, 6) is 0. The molecular weight excluding hydrogens is 276 g/mol. The summed E-state index contributed by atoms with van der Waals surface area (Å²) in [5.41, 5.74) is 4.75. The van der Waals surface area contributed by atoms with Gasteiger partial charge < -0.3 is 5.32 Å². The average molecular weight is 302 g/mol. The number of nitrogens with zero attached hydrogens (tertiary/aromatic N) is 1. The Balaban J connectivity index is 2.31. The monoisotopic (exact) mass is 302 g/mol. The maximum Gasteiger partial charge on any atom is 0.0794 e. The lowest BCUT2D eigenvalue weighted by molar-refractivity contribution is 0.317. The minimum absolute atomic E-state index is 0.0998. The van der Waals surface area contributed by atoms with Crippen LogP contribution in [0.1, 0.15) is 45.4 Å². The van der Waals surface area contributed by atoms with Gasteiger partial charge in [-0.1, -0.05) is 37.3 Å². The van der Waals surface area contributed by atoms with Crippen LogP contribution in [0.3, 0.4) is 0 Å². The zero-order valence-electron chi connectivity index (χ0n) is 13.5. The molecule has 3 heteroatoms. The summed E-state index contributed by atoms with van der Waals surface area (Å²) in [7, 11) is 0. The molecule has 2 nitrogen and oxygen atoms in total. The van der Waals surface area contributed by atoms with Crippen LogP contribution in [-0.4, -0.2) is 17.1 Å². The number of hydrogen-bond acceptors (Lipinski definition) is 3. The Labute approximate surface area is 132 Å². The van der Waals surface area contributed by atoms with Crippen molar-refractivity contribution in [2.75, 3.05) is 6.54 Å². The van der Waals surface area contributed by atoms with Crippen molar-refractivity contribution in [2.24, 2.45) is 0 Å². The van der Waals surface area contributed by atoms with E-state index < -0.39 is 0 Å². The van der Waals surface area contributed by atoms with Gasteiger partial charge in [-0.3, -0.25) is 0 Å². The normalized spacial score (nSPS) is 14.9. The largest absolute Gasteiger partial charge is 0.311 e. The number of hydrogen-bond donors (Lipinski definition) is 1. The summed E-state index contributed by atoms with van der Waals surface area (Å²) >= 11 is 1.68. The molecule has 21 heavy (non-hydrogen) atoms. The fourth-order valence-electron chi connectivity index (χ4n) is 2.62. The van der Waals surface area contributed by atoms with Crippen LogP contribution in [0, 0.1) is 0 Å². The van der Waals surface area contributed by atoms with Gasteiger partial charge in [0.15, 0.2) is 0 Å². The lowest BCUT2D eigenvalue weighted by atomic mass is 9.74. The van der Waals surface area contributed by atoms with E-state index in [9.17, 15) is 0 Å². The Hall–Kier alpha value is -1.19. The van der Waals surface area contributed by atoms with Crippen LogP contribution in [0.4, 0.5) is 0 Å². The molecule has 0 bridgehead atoms. The number of aromatic nitrogens is 1. The van der Waals surface area contributed by atoms with Gasteiger partial charge in [-0.15, -0.1) is 11.3 Å². The molecule has 1 aromatic carbocycles. The summed E-state index contributed by atoms with van der Waals surface area (Å²) in [6.07, 6.45) is 2.08.